The third-order valence-electron chi connectivity index (χ3n) is 3.56. The van der Waals surface area contributed by atoms with Gasteiger partial charge >= 0.3 is 0 Å². The molecule has 0 amide bonds. The van der Waals surface area contributed by atoms with Crippen LogP contribution in [-0.2, 0) is 0 Å². The van der Waals surface area contributed by atoms with E-state index < -0.39 is 0 Å². The van der Waals surface area contributed by atoms with E-state index in [1.807, 2.05) is 11.3 Å². The van der Waals surface area contributed by atoms with E-state index in [4.69, 9.17) is 4.98 Å². The molecule has 0 saturated carbocycles. The molecule has 1 aromatic heterocycles. The van der Waals surface area contributed by atoms with E-state index >= 15 is 0 Å². The summed E-state index contributed by atoms with van der Waals surface area (Å²) in [5.74, 6) is 1.38. The standard InChI is InChI=1S/C14H17BrN2S/c1-9-5-10(8-17(2)7-9)14-16-12-6-11(15)3-4-13(12)18-14/h3-4,6,9-10H,5,7-8H2,1-2H3. The van der Waals surface area contributed by atoms with E-state index in [2.05, 4.69) is 53.0 Å². The van der Waals surface area contributed by atoms with E-state index in [1.54, 1.807) is 0 Å². The van der Waals surface area contributed by atoms with E-state index in [9.17, 15) is 0 Å². The Morgan fingerprint density at radius 1 is 1.39 bits per heavy atom. The van der Waals surface area contributed by atoms with Crippen molar-refractivity contribution in [1.82, 2.24) is 9.88 Å². The molecule has 0 N–H and O–H groups in total. The Morgan fingerprint density at radius 2 is 2.22 bits per heavy atom. The number of likely N-dealkylation sites (N-methyl/N-ethyl adjacent to an activating group) is 1. The number of aromatic nitrogens is 1. The van der Waals surface area contributed by atoms with Crippen LogP contribution in [0.15, 0.2) is 22.7 Å². The third-order valence-corrected chi connectivity index (χ3v) is 5.25. The Balaban J connectivity index is 1.93. The van der Waals surface area contributed by atoms with Gasteiger partial charge in [-0.15, -0.1) is 11.3 Å². The molecule has 0 aliphatic carbocycles. The van der Waals surface area contributed by atoms with Gasteiger partial charge in [0, 0.05) is 23.5 Å². The van der Waals surface area contributed by atoms with Gasteiger partial charge in [0.25, 0.3) is 0 Å². The van der Waals surface area contributed by atoms with Gasteiger partial charge in [-0.3, -0.25) is 0 Å². The Labute approximate surface area is 120 Å². The summed E-state index contributed by atoms with van der Waals surface area (Å²) in [7, 11) is 2.21. The Hall–Kier alpha value is -0.450. The first-order valence-corrected chi connectivity index (χ1v) is 7.97. The van der Waals surface area contributed by atoms with Gasteiger partial charge in [0.1, 0.15) is 0 Å². The van der Waals surface area contributed by atoms with Crippen molar-refractivity contribution in [1.29, 1.82) is 0 Å². The van der Waals surface area contributed by atoms with E-state index in [0.717, 1.165) is 22.5 Å². The van der Waals surface area contributed by atoms with Crippen molar-refractivity contribution in [3.63, 3.8) is 0 Å². The second-order valence-electron chi connectivity index (χ2n) is 5.42. The van der Waals surface area contributed by atoms with Crippen molar-refractivity contribution in [2.75, 3.05) is 20.1 Å². The number of thiazole rings is 1. The molecule has 2 atom stereocenters. The van der Waals surface area contributed by atoms with Crippen LogP contribution >= 0.6 is 27.3 Å². The molecule has 1 fully saturated rings. The van der Waals surface area contributed by atoms with Crippen molar-refractivity contribution in [3.05, 3.63) is 27.7 Å². The van der Waals surface area contributed by atoms with Crippen LogP contribution in [-0.4, -0.2) is 30.0 Å². The second kappa shape index (κ2) is 4.91. The summed E-state index contributed by atoms with van der Waals surface area (Å²) in [6, 6.07) is 6.38. The predicted molar refractivity (Wildman–Crippen MR) is 81.3 cm³/mol. The lowest BCUT2D eigenvalue weighted by atomic mass is 9.91. The van der Waals surface area contributed by atoms with E-state index in [1.165, 1.54) is 22.7 Å². The number of likely N-dealkylation sites (tertiary alicyclic amines) is 1. The number of halogens is 1. The highest BCUT2D eigenvalue weighted by Gasteiger charge is 2.26. The molecular formula is C14H17BrN2S. The molecular weight excluding hydrogens is 308 g/mol. The lowest BCUT2D eigenvalue weighted by Crippen LogP contribution is -2.35. The van der Waals surface area contributed by atoms with Gasteiger partial charge in [-0.25, -0.2) is 4.98 Å². The topological polar surface area (TPSA) is 16.1 Å². The number of piperidine rings is 1. The molecule has 4 heteroatoms. The average molecular weight is 325 g/mol. The summed E-state index contributed by atoms with van der Waals surface area (Å²) in [5, 5.41) is 1.31. The van der Waals surface area contributed by atoms with Gasteiger partial charge < -0.3 is 4.90 Å². The Kier molecular flexibility index (Phi) is 3.43. The molecule has 0 radical (unpaired) electrons. The predicted octanol–water partition coefficient (Wildman–Crippen LogP) is 4.11. The zero-order valence-electron chi connectivity index (χ0n) is 10.7. The van der Waals surface area contributed by atoms with Gasteiger partial charge in [-0.2, -0.15) is 0 Å². The molecule has 0 bridgehead atoms. The first-order valence-electron chi connectivity index (χ1n) is 6.36. The first-order chi connectivity index (χ1) is 8.61. The summed E-state index contributed by atoms with van der Waals surface area (Å²) >= 11 is 5.37. The molecule has 1 aliphatic rings. The first kappa shape index (κ1) is 12.6. The fourth-order valence-corrected chi connectivity index (χ4v) is 4.29. The number of rotatable bonds is 1. The van der Waals surface area contributed by atoms with Crippen LogP contribution in [0, 0.1) is 5.92 Å². The van der Waals surface area contributed by atoms with Crippen molar-refractivity contribution in [2.24, 2.45) is 5.92 Å². The summed E-state index contributed by atoms with van der Waals surface area (Å²) in [4.78, 5) is 7.26. The third kappa shape index (κ3) is 2.46. The molecule has 2 heterocycles. The zero-order chi connectivity index (χ0) is 12.7. The van der Waals surface area contributed by atoms with Crippen molar-refractivity contribution in [2.45, 2.75) is 19.3 Å². The molecule has 3 rings (SSSR count). The minimum atomic E-state index is 0.606. The van der Waals surface area contributed by atoms with Gasteiger partial charge in [0.05, 0.1) is 15.2 Å². The average Bonchev–Trinajstić information content (AvgIpc) is 2.70. The number of nitrogens with zero attached hydrogens (tertiary/aromatic N) is 2. The molecule has 1 saturated heterocycles. The van der Waals surface area contributed by atoms with Crippen LogP contribution < -0.4 is 0 Å². The number of fused-ring (bicyclic) bond motifs is 1. The minimum absolute atomic E-state index is 0.606. The molecule has 96 valence electrons. The fraction of sp³-hybridized carbons (Fsp3) is 0.500. The summed E-state index contributed by atoms with van der Waals surface area (Å²) < 4.78 is 2.41. The normalized spacial score (nSPS) is 25.7. The smallest absolute Gasteiger partial charge is 0.0982 e. The van der Waals surface area contributed by atoms with Crippen LogP contribution in [0.25, 0.3) is 10.2 Å². The largest absolute Gasteiger partial charge is 0.305 e. The summed E-state index contributed by atoms with van der Waals surface area (Å²) in [5.41, 5.74) is 1.13. The lowest BCUT2D eigenvalue weighted by molar-refractivity contribution is 0.198. The minimum Gasteiger partial charge on any atom is -0.305 e. The molecule has 2 nitrogen and oxygen atoms in total. The molecule has 1 aliphatic heterocycles. The second-order valence-corrected chi connectivity index (χ2v) is 7.40. The maximum Gasteiger partial charge on any atom is 0.0982 e. The van der Waals surface area contributed by atoms with Crippen molar-refractivity contribution >= 4 is 37.5 Å². The number of benzene rings is 1. The van der Waals surface area contributed by atoms with Gasteiger partial charge in [-0.05, 0) is 37.6 Å². The van der Waals surface area contributed by atoms with Gasteiger partial charge in [0.15, 0.2) is 0 Å². The highest BCUT2D eigenvalue weighted by molar-refractivity contribution is 9.10. The Bertz CT molecular complexity index is 556. The highest BCUT2D eigenvalue weighted by atomic mass is 79.9. The maximum atomic E-state index is 4.83. The van der Waals surface area contributed by atoms with Gasteiger partial charge in [-0.1, -0.05) is 22.9 Å². The van der Waals surface area contributed by atoms with Crippen LogP contribution in [0.4, 0.5) is 0 Å². The van der Waals surface area contributed by atoms with E-state index in [0.29, 0.717) is 5.92 Å². The SMILES string of the molecule is CC1CC(c2nc3cc(Br)ccc3s2)CN(C)C1. The molecule has 0 spiro atoms. The Morgan fingerprint density at radius 3 is 3.00 bits per heavy atom. The number of hydrogen-bond acceptors (Lipinski definition) is 3. The maximum absolute atomic E-state index is 4.83. The summed E-state index contributed by atoms with van der Waals surface area (Å²) in [6.45, 7) is 4.70. The fourth-order valence-electron chi connectivity index (χ4n) is 2.89. The summed E-state index contributed by atoms with van der Waals surface area (Å²) in [6.07, 6.45) is 1.27. The van der Waals surface area contributed by atoms with Crippen LogP contribution in [0.2, 0.25) is 0 Å². The van der Waals surface area contributed by atoms with Crippen LogP contribution in [0.3, 0.4) is 0 Å². The molecule has 2 unspecified atom stereocenters. The van der Waals surface area contributed by atoms with Gasteiger partial charge in [0.2, 0.25) is 0 Å². The molecule has 2 aromatic rings. The molecule has 1 aromatic carbocycles. The lowest BCUT2D eigenvalue weighted by Gasteiger charge is -2.32. The van der Waals surface area contributed by atoms with E-state index in [-0.39, 0.29) is 0 Å². The number of hydrogen-bond donors (Lipinski definition) is 0. The molecule has 18 heavy (non-hydrogen) atoms. The highest BCUT2D eigenvalue weighted by Crippen LogP contribution is 2.35. The van der Waals surface area contributed by atoms with Crippen LogP contribution in [0.1, 0.15) is 24.3 Å². The van der Waals surface area contributed by atoms with Crippen molar-refractivity contribution < 1.29 is 0 Å². The quantitative estimate of drug-likeness (QED) is 0.784. The van der Waals surface area contributed by atoms with Crippen LogP contribution in [0.5, 0.6) is 0 Å². The van der Waals surface area contributed by atoms with Crippen molar-refractivity contribution in [3.8, 4) is 0 Å². The monoisotopic (exact) mass is 324 g/mol. The zero-order valence-corrected chi connectivity index (χ0v) is 13.1.